The number of hydrogen-bond donors (Lipinski definition) is 1. The van der Waals surface area contributed by atoms with Crippen LogP contribution in [0.4, 0.5) is 0 Å². The van der Waals surface area contributed by atoms with Gasteiger partial charge in [0.2, 0.25) is 0 Å². The quantitative estimate of drug-likeness (QED) is 0.822. The number of nitrogens with zero attached hydrogens (tertiary/aromatic N) is 3. The molecule has 0 radical (unpaired) electrons. The van der Waals surface area contributed by atoms with Gasteiger partial charge in [-0.15, -0.1) is 11.7 Å². The first kappa shape index (κ1) is 13.6. The van der Waals surface area contributed by atoms with Crippen molar-refractivity contribution < 1.29 is 4.74 Å². The van der Waals surface area contributed by atoms with E-state index < -0.39 is 0 Å². The Morgan fingerprint density at radius 1 is 1.42 bits per heavy atom. The van der Waals surface area contributed by atoms with E-state index in [2.05, 4.69) is 16.9 Å². The topological polar surface area (TPSA) is 66.0 Å². The van der Waals surface area contributed by atoms with Crippen LogP contribution in [-0.2, 0) is 19.7 Å². The van der Waals surface area contributed by atoms with E-state index in [0.29, 0.717) is 36.2 Å². The highest BCUT2D eigenvalue weighted by Gasteiger charge is 2.12. The standard InChI is InChI=1S/C13H15ClN4O/c1-2-7-18-12(11(8-15)16-17-18)9-19-13-6-4-3-5-10(13)14/h2-6H,1,7-9,15H2. The maximum Gasteiger partial charge on any atom is 0.138 e. The van der Waals surface area contributed by atoms with E-state index in [1.807, 2.05) is 18.2 Å². The maximum absolute atomic E-state index is 6.04. The molecule has 2 aromatic rings. The summed E-state index contributed by atoms with van der Waals surface area (Å²) in [7, 11) is 0. The largest absolute Gasteiger partial charge is 0.486 e. The molecule has 2 rings (SSSR count). The summed E-state index contributed by atoms with van der Waals surface area (Å²) in [5, 5.41) is 8.60. The van der Waals surface area contributed by atoms with Crippen LogP contribution in [-0.4, -0.2) is 15.0 Å². The van der Waals surface area contributed by atoms with Crippen molar-refractivity contribution in [3.63, 3.8) is 0 Å². The smallest absolute Gasteiger partial charge is 0.138 e. The van der Waals surface area contributed by atoms with Gasteiger partial charge in [0.25, 0.3) is 0 Å². The molecule has 6 heteroatoms. The zero-order chi connectivity index (χ0) is 13.7. The number of rotatable bonds is 6. The molecule has 1 aromatic heterocycles. The minimum absolute atomic E-state index is 0.317. The number of benzene rings is 1. The fourth-order valence-electron chi connectivity index (χ4n) is 1.66. The summed E-state index contributed by atoms with van der Waals surface area (Å²) in [6.45, 7) is 4.88. The molecule has 0 spiro atoms. The van der Waals surface area contributed by atoms with Crippen LogP contribution in [0.3, 0.4) is 0 Å². The minimum Gasteiger partial charge on any atom is -0.486 e. The average molecular weight is 279 g/mol. The number of halogens is 1. The number of nitrogens with two attached hydrogens (primary N) is 1. The second-order valence-electron chi connectivity index (χ2n) is 3.88. The number of aromatic nitrogens is 3. The van der Waals surface area contributed by atoms with Gasteiger partial charge < -0.3 is 10.5 Å². The van der Waals surface area contributed by atoms with E-state index in [0.717, 1.165) is 5.69 Å². The Hall–Kier alpha value is -1.85. The molecular formula is C13H15ClN4O. The highest BCUT2D eigenvalue weighted by atomic mass is 35.5. The van der Waals surface area contributed by atoms with E-state index in [4.69, 9.17) is 22.1 Å². The Labute approximate surface area is 116 Å². The van der Waals surface area contributed by atoms with Gasteiger partial charge in [-0.1, -0.05) is 35.0 Å². The van der Waals surface area contributed by atoms with Crippen LogP contribution in [0.5, 0.6) is 5.75 Å². The van der Waals surface area contributed by atoms with Gasteiger partial charge in [0.1, 0.15) is 23.7 Å². The first-order chi connectivity index (χ1) is 9.26. The van der Waals surface area contributed by atoms with Crippen molar-refractivity contribution in [2.45, 2.75) is 19.7 Å². The monoisotopic (exact) mass is 278 g/mol. The molecule has 0 fully saturated rings. The third-order valence-corrected chi connectivity index (χ3v) is 2.93. The Bertz CT molecular complexity index is 568. The van der Waals surface area contributed by atoms with Gasteiger partial charge >= 0.3 is 0 Å². The molecule has 0 atom stereocenters. The predicted octanol–water partition coefficient (Wildman–Crippen LogP) is 2.16. The van der Waals surface area contributed by atoms with Gasteiger partial charge in [0.15, 0.2) is 0 Å². The number of para-hydroxylation sites is 1. The van der Waals surface area contributed by atoms with Crippen LogP contribution >= 0.6 is 11.6 Å². The van der Waals surface area contributed by atoms with Crippen molar-refractivity contribution in [2.24, 2.45) is 5.73 Å². The normalized spacial score (nSPS) is 10.4. The molecular weight excluding hydrogens is 264 g/mol. The zero-order valence-corrected chi connectivity index (χ0v) is 11.2. The minimum atomic E-state index is 0.317. The summed E-state index contributed by atoms with van der Waals surface area (Å²) in [6, 6.07) is 7.31. The van der Waals surface area contributed by atoms with Crippen molar-refractivity contribution in [2.75, 3.05) is 0 Å². The predicted molar refractivity (Wildman–Crippen MR) is 73.9 cm³/mol. The van der Waals surface area contributed by atoms with Crippen LogP contribution in [0, 0.1) is 0 Å². The Morgan fingerprint density at radius 3 is 2.89 bits per heavy atom. The summed E-state index contributed by atoms with van der Waals surface area (Å²) < 4.78 is 7.40. The first-order valence-electron chi connectivity index (χ1n) is 5.85. The van der Waals surface area contributed by atoms with E-state index in [1.54, 1.807) is 16.8 Å². The molecule has 0 saturated heterocycles. The van der Waals surface area contributed by atoms with Crippen LogP contribution < -0.4 is 10.5 Å². The molecule has 100 valence electrons. The molecule has 0 saturated carbocycles. The summed E-state index contributed by atoms with van der Waals surface area (Å²) >= 11 is 6.04. The number of ether oxygens (including phenoxy) is 1. The van der Waals surface area contributed by atoms with Crippen LogP contribution in [0.1, 0.15) is 11.4 Å². The summed E-state index contributed by atoms with van der Waals surface area (Å²) in [5.41, 5.74) is 7.19. The van der Waals surface area contributed by atoms with Crippen molar-refractivity contribution >= 4 is 11.6 Å². The lowest BCUT2D eigenvalue weighted by Gasteiger charge is -2.09. The lowest BCUT2D eigenvalue weighted by atomic mass is 10.3. The van der Waals surface area contributed by atoms with E-state index >= 15 is 0 Å². The molecule has 0 unspecified atom stereocenters. The first-order valence-corrected chi connectivity index (χ1v) is 6.23. The van der Waals surface area contributed by atoms with Crippen molar-refractivity contribution in [3.8, 4) is 5.75 Å². The highest BCUT2D eigenvalue weighted by Crippen LogP contribution is 2.24. The maximum atomic E-state index is 6.04. The molecule has 19 heavy (non-hydrogen) atoms. The van der Waals surface area contributed by atoms with Gasteiger partial charge in [0.05, 0.1) is 11.6 Å². The van der Waals surface area contributed by atoms with Gasteiger partial charge in [-0.25, -0.2) is 4.68 Å². The second-order valence-corrected chi connectivity index (χ2v) is 4.28. The highest BCUT2D eigenvalue weighted by molar-refractivity contribution is 6.32. The Kier molecular flexibility index (Phi) is 4.54. The molecule has 0 aliphatic carbocycles. The van der Waals surface area contributed by atoms with Crippen LogP contribution in [0.2, 0.25) is 5.02 Å². The van der Waals surface area contributed by atoms with Crippen molar-refractivity contribution in [1.29, 1.82) is 0 Å². The summed E-state index contributed by atoms with van der Waals surface area (Å²) in [4.78, 5) is 0. The zero-order valence-electron chi connectivity index (χ0n) is 10.4. The fraction of sp³-hybridized carbons (Fsp3) is 0.231. The van der Waals surface area contributed by atoms with Gasteiger partial charge in [-0.3, -0.25) is 0 Å². The molecule has 0 aliphatic rings. The molecule has 0 bridgehead atoms. The van der Waals surface area contributed by atoms with Gasteiger partial charge in [-0.05, 0) is 12.1 Å². The van der Waals surface area contributed by atoms with E-state index in [9.17, 15) is 0 Å². The van der Waals surface area contributed by atoms with Crippen molar-refractivity contribution in [1.82, 2.24) is 15.0 Å². The third-order valence-electron chi connectivity index (χ3n) is 2.61. The third kappa shape index (κ3) is 3.13. The lowest BCUT2D eigenvalue weighted by molar-refractivity contribution is 0.292. The molecule has 2 N–H and O–H groups in total. The Balaban J connectivity index is 2.16. The molecule has 0 aliphatic heterocycles. The van der Waals surface area contributed by atoms with Gasteiger partial charge in [-0.2, -0.15) is 0 Å². The van der Waals surface area contributed by atoms with E-state index in [-0.39, 0.29) is 0 Å². The molecule has 1 heterocycles. The second kappa shape index (κ2) is 6.36. The van der Waals surface area contributed by atoms with Crippen LogP contribution in [0.15, 0.2) is 36.9 Å². The fourth-order valence-corrected chi connectivity index (χ4v) is 1.85. The van der Waals surface area contributed by atoms with E-state index in [1.165, 1.54) is 0 Å². The lowest BCUT2D eigenvalue weighted by Crippen LogP contribution is -2.10. The SMILES string of the molecule is C=CCn1nnc(CN)c1COc1ccccc1Cl. The summed E-state index contributed by atoms with van der Waals surface area (Å²) in [5.74, 6) is 0.624. The summed E-state index contributed by atoms with van der Waals surface area (Å²) in [6.07, 6.45) is 1.74. The number of hydrogen-bond acceptors (Lipinski definition) is 4. The Morgan fingerprint density at radius 2 is 2.21 bits per heavy atom. The van der Waals surface area contributed by atoms with Crippen LogP contribution in [0.25, 0.3) is 0 Å². The molecule has 5 nitrogen and oxygen atoms in total. The number of allylic oxidation sites excluding steroid dienone is 1. The average Bonchev–Trinajstić information content (AvgIpc) is 2.80. The molecule has 0 amide bonds. The van der Waals surface area contributed by atoms with Crippen molar-refractivity contribution in [3.05, 3.63) is 53.3 Å². The van der Waals surface area contributed by atoms with Gasteiger partial charge in [0, 0.05) is 6.54 Å². The molecule has 1 aromatic carbocycles.